The lowest BCUT2D eigenvalue weighted by Gasteiger charge is -2.10. The SMILES string of the molecule is CCc1nnsc1C(=O)OCC(=O)Nc1ccccc1C(=O)c1ccccc1. The Bertz CT molecular complexity index is 1000. The molecule has 0 bridgehead atoms. The van der Waals surface area contributed by atoms with Crippen LogP contribution in [0.5, 0.6) is 0 Å². The van der Waals surface area contributed by atoms with Gasteiger partial charge in [-0.15, -0.1) is 5.10 Å². The maximum Gasteiger partial charge on any atom is 0.352 e. The first kappa shape index (κ1) is 19.4. The van der Waals surface area contributed by atoms with Gasteiger partial charge in [0.2, 0.25) is 0 Å². The highest BCUT2D eigenvalue weighted by atomic mass is 32.1. The Balaban J connectivity index is 1.66. The van der Waals surface area contributed by atoms with Gasteiger partial charge in [0.05, 0.1) is 11.4 Å². The Morgan fingerprint density at radius 1 is 1.04 bits per heavy atom. The first-order chi connectivity index (χ1) is 13.6. The van der Waals surface area contributed by atoms with E-state index in [1.165, 1.54) is 0 Å². The summed E-state index contributed by atoms with van der Waals surface area (Å²) in [6, 6.07) is 15.5. The number of hydrogen-bond donors (Lipinski definition) is 1. The highest BCUT2D eigenvalue weighted by molar-refractivity contribution is 7.07. The molecule has 0 fully saturated rings. The largest absolute Gasteiger partial charge is 0.451 e. The van der Waals surface area contributed by atoms with Crippen LogP contribution in [0.1, 0.15) is 38.2 Å². The number of rotatable bonds is 7. The second kappa shape index (κ2) is 9.01. The Kier molecular flexibility index (Phi) is 6.23. The standard InChI is InChI=1S/C20H17N3O4S/c1-2-15-19(28-23-22-15)20(26)27-12-17(24)21-16-11-7-6-10-14(16)18(25)13-8-4-3-5-9-13/h3-11H,2,12H2,1H3,(H,21,24). The van der Waals surface area contributed by atoms with Gasteiger partial charge in [-0.25, -0.2) is 4.79 Å². The van der Waals surface area contributed by atoms with E-state index in [0.29, 0.717) is 28.9 Å². The van der Waals surface area contributed by atoms with Gasteiger partial charge in [0.1, 0.15) is 0 Å². The molecule has 0 spiro atoms. The molecular weight excluding hydrogens is 378 g/mol. The number of nitrogens with zero attached hydrogens (tertiary/aromatic N) is 2. The van der Waals surface area contributed by atoms with E-state index in [4.69, 9.17) is 4.74 Å². The molecule has 0 radical (unpaired) electrons. The van der Waals surface area contributed by atoms with E-state index >= 15 is 0 Å². The van der Waals surface area contributed by atoms with Crippen molar-refractivity contribution in [3.63, 3.8) is 0 Å². The first-order valence-corrected chi connectivity index (χ1v) is 9.34. The number of amides is 1. The van der Waals surface area contributed by atoms with Crippen LogP contribution in [0.25, 0.3) is 0 Å². The number of anilines is 1. The second-order valence-electron chi connectivity index (χ2n) is 5.77. The van der Waals surface area contributed by atoms with Crippen LogP contribution in [0, 0.1) is 0 Å². The zero-order valence-electron chi connectivity index (χ0n) is 15.0. The second-order valence-corrected chi connectivity index (χ2v) is 6.52. The molecule has 0 aliphatic rings. The van der Waals surface area contributed by atoms with Crippen molar-refractivity contribution in [1.82, 2.24) is 9.59 Å². The summed E-state index contributed by atoms with van der Waals surface area (Å²) in [6.07, 6.45) is 0.544. The molecule has 0 saturated heterocycles. The zero-order chi connectivity index (χ0) is 19.9. The molecule has 142 valence electrons. The fourth-order valence-corrected chi connectivity index (χ4v) is 3.16. The van der Waals surface area contributed by atoms with E-state index in [2.05, 4.69) is 14.9 Å². The van der Waals surface area contributed by atoms with Gasteiger partial charge in [-0.2, -0.15) is 0 Å². The summed E-state index contributed by atoms with van der Waals surface area (Å²) in [6.45, 7) is 1.37. The minimum atomic E-state index is -0.643. The summed E-state index contributed by atoms with van der Waals surface area (Å²) < 4.78 is 8.76. The number of aryl methyl sites for hydroxylation is 1. The number of carbonyl (C=O) groups excluding carboxylic acids is 3. The summed E-state index contributed by atoms with van der Waals surface area (Å²) in [5, 5.41) is 6.47. The molecule has 1 amide bonds. The lowest BCUT2D eigenvalue weighted by molar-refractivity contribution is -0.119. The van der Waals surface area contributed by atoms with Crippen molar-refractivity contribution in [2.45, 2.75) is 13.3 Å². The quantitative estimate of drug-likeness (QED) is 0.487. The molecule has 2 aromatic carbocycles. The molecule has 0 aliphatic heterocycles. The van der Waals surface area contributed by atoms with Crippen LogP contribution in [0.3, 0.4) is 0 Å². The Morgan fingerprint density at radius 3 is 2.50 bits per heavy atom. The van der Waals surface area contributed by atoms with Crippen LogP contribution in [0.2, 0.25) is 0 Å². The number of esters is 1. The molecule has 1 aromatic heterocycles. The lowest BCUT2D eigenvalue weighted by Crippen LogP contribution is -2.22. The van der Waals surface area contributed by atoms with E-state index in [9.17, 15) is 14.4 Å². The van der Waals surface area contributed by atoms with E-state index in [0.717, 1.165) is 11.5 Å². The molecule has 0 saturated carbocycles. The van der Waals surface area contributed by atoms with Crippen LogP contribution >= 0.6 is 11.5 Å². The number of para-hydroxylation sites is 1. The number of hydrogen-bond acceptors (Lipinski definition) is 7. The summed E-state index contributed by atoms with van der Waals surface area (Å²) in [4.78, 5) is 37.3. The van der Waals surface area contributed by atoms with Gasteiger partial charge in [0, 0.05) is 11.1 Å². The molecule has 0 aliphatic carbocycles. The Labute approximate surface area is 165 Å². The van der Waals surface area contributed by atoms with Crippen LogP contribution < -0.4 is 5.32 Å². The normalized spacial score (nSPS) is 10.3. The zero-order valence-corrected chi connectivity index (χ0v) is 15.9. The van der Waals surface area contributed by atoms with Crippen molar-refractivity contribution in [3.05, 3.63) is 76.3 Å². The number of carbonyl (C=O) groups is 3. The van der Waals surface area contributed by atoms with Crippen LogP contribution in [0.4, 0.5) is 5.69 Å². The number of ether oxygens (including phenoxy) is 1. The predicted octanol–water partition coefficient (Wildman–Crippen LogP) is 3.13. The van der Waals surface area contributed by atoms with Gasteiger partial charge < -0.3 is 10.1 Å². The van der Waals surface area contributed by atoms with Gasteiger partial charge in [-0.05, 0) is 30.1 Å². The summed E-state index contributed by atoms with van der Waals surface area (Å²) in [7, 11) is 0. The van der Waals surface area contributed by atoms with Crippen LogP contribution in [-0.2, 0) is 16.0 Å². The fraction of sp³-hybridized carbons (Fsp3) is 0.150. The molecule has 0 atom stereocenters. The van der Waals surface area contributed by atoms with Crippen molar-refractivity contribution in [2.75, 3.05) is 11.9 Å². The lowest BCUT2D eigenvalue weighted by atomic mass is 10.0. The Morgan fingerprint density at radius 2 is 1.75 bits per heavy atom. The third-order valence-corrected chi connectivity index (χ3v) is 4.64. The van der Waals surface area contributed by atoms with E-state index in [1.807, 2.05) is 13.0 Å². The molecule has 3 aromatic rings. The summed E-state index contributed by atoms with van der Waals surface area (Å²) in [5.74, 6) is -1.40. The molecule has 8 heteroatoms. The van der Waals surface area contributed by atoms with E-state index in [-0.39, 0.29) is 10.7 Å². The smallest absolute Gasteiger partial charge is 0.352 e. The average molecular weight is 395 g/mol. The van der Waals surface area contributed by atoms with Crippen molar-refractivity contribution in [2.24, 2.45) is 0 Å². The minimum Gasteiger partial charge on any atom is -0.451 e. The monoisotopic (exact) mass is 395 g/mol. The maximum absolute atomic E-state index is 12.7. The molecule has 7 nitrogen and oxygen atoms in total. The fourth-order valence-electron chi connectivity index (χ4n) is 2.51. The predicted molar refractivity (Wildman–Crippen MR) is 105 cm³/mol. The number of ketones is 1. The molecule has 1 heterocycles. The third kappa shape index (κ3) is 4.47. The maximum atomic E-state index is 12.7. The van der Waals surface area contributed by atoms with Crippen molar-refractivity contribution >= 4 is 34.9 Å². The van der Waals surface area contributed by atoms with Crippen molar-refractivity contribution in [1.29, 1.82) is 0 Å². The van der Waals surface area contributed by atoms with E-state index in [1.54, 1.807) is 48.5 Å². The third-order valence-electron chi connectivity index (χ3n) is 3.89. The van der Waals surface area contributed by atoms with Crippen molar-refractivity contribution in [3.8, 4) is 0 Å². The number of aromatic nitrogens is 2. The number of benzene rings is 2. The number of nitrogens with one attached hydrogen (secondary N) is 1. The molecule has 1 N–H and O–H groups in total. The first-order valence-electron chi connectivity index (χ1n) is 8.57. The molecule has 3 rings (SSSR count). The topological polar surface area (TPSA) is 98.2 Å². The average Bonchev–Trinajstić information content (AvgIpc) is 3.21. The van der Waals surface area contributed by atoms with Gasteiger partial charge in [0.15, 0.2) is 17.3 Å². The van der Waals surface area contributed by atoms with E-state index < -0.39 is 18.5 Å². The van der Waals surface area contributed by atoms with Gasteiger partial charge in [-0.3, -0.25) is 9.59 Å². The molecular formula is C20H17N3O4S. The van der Waals surface area contributed by atoms with Crippen LogP contribution in [-0.4, -0.2) is 33.9 Å². The summed E-state index contributed by atoms with van der Waals surface area (Å²) in [5.41, 5.74) is 1.76. The summed E-state index contributed by atoms with van der Waals surface area (Å²) >= 11 is 0.930. The van der Waals surface area contributed by atoms with Crippen molar-refractivity contribution < 1.29 is 19.1 Å². The van der Waals surface area contributed by atoms with Gasteiger partial charge in [-0.1, -0.05) is 53.9 Å². The highest BCUT2D eigenvalue weighted by Crippen LogP contribution is 2.19. The molecule has 28 heavy (non-hydrogen) atoms. The highest BCUT2D eigenvalue weighted by Gasteiger charge is 2.19. The Hall–Kier alpha value is -3.39. The minimum absolute atomic E-state index is 0.211. The van der Waals surface area contributed by atoms with Gasteiger partial charge in [0.25, 0.3) is 5.91 Å². The van der Waals surface area contributed by atoms with Gasteiger partial charge >= 0.3 is 5.97 Å². The molecule has 0 unspecified atom stereocenters. The van der Waals surface area contributed by atoms with Crippen LogP contribution in [0.15, 0.2) is 54.6 Å².